The summed E-state index contributed by atoms with van der Waals surface area (Å²) in [5.41, 5.74) is 0.118. The average Bonchev–Trinajstić information content (AvgIpc) is 2.35. The van der Waals surface area contributed by atoms with E-state index >= 15 is 0 Å². The smallest absolute Gasteiger partial charge is 0.134 e. The summed E-state index contributed by atoms with van der Waals surface area (Å²) in [6, 6.07) is 2.45. The van der Waals surface area contributed by atoms with Gasteiger partial charge in [-0.1, -0.05) is 0 Å². The van der Waals surface area contributed by atoms with E-state index in [0.29, 0.717) is 6.54 Å². The first-order valence-corrected chi connectivity index (χ1v) is 5.65. The Morgan fingerprint density at radius 3 is 2.35 bits per heavy atom. The van der Waals surface area contributed by atoms with Gasteiger partial charge in [0.25, 0.3) is 0 Å². The number of methoxy groups -OCH3 is 1. The highest BCUT2D eigenvalue weighted by Gasteiger charge is 2.16. The van der Waals surface area contributed by atoms with Gasteiger partial charge >= 0.3 is 0 Å². The summed E-state index contributed by atoms with van der Waals surface area (Å²) < 4.78 is 32.2. The highest BCUT2D eigenvalue weighted by Crippen LogP contribution is 2.21. The topological polar surface area (TPSA) is 24.5 Å². The Morgan fingerprint density at radius 2 is 1.82 bits per heavy atom. The maximum absolute atomic E-state index is 13.7. The van der Waals surface area contributed by atoms with Crippen LogP contribution in [0.5, 0.6) is 5.75 Å². The number of ether oxygens (including phenoxy) is 1. The van der Waals surface area contributed by atoms with Gasteiger partial charge in [-0.25, -0.2) is 8.78 Å². The normalized spacial score (nSPS) is 17.1. The Kier molecular flexibility index (Phi) is 3.91. The number of nitrogens with one attached hydrogen (secondary N) is 1. The number of rotatable bonds is 3. The first-order chi connectivity index (χ1) is 8.20. The molecule has 0 bridgehead atoms. The van der Waals surface area contributed by atoms with Crippen LogP contribution in [-0.2, 0) is 6.54 Å². The van der Waals surface area contributed by atoms with Crippen LogP contribution in [0.15, 0.2) is 12.1 Å². The molecule has 3 nitrogen and oxygen atoms in total. The molecule has 1 aliphatic heterocycles. The van der Waals surface area contributed by atoms with Gasteiger partial charge in [0.1, 0.15) is 17.4 Å². The van der Waals surface area contributed by atoms with Crippen molar-refractivity contribution in [1.29, 1.82) is 0 Å². The Bertz CT molecular complexity index is 369. The number of halogens is 2. The summed E-state index contributed by atoms with van der Waals surface area (Å²) in [6.45, 7) is 3.65. The fourth-order valence-electron chi connectivity index (χ4n) is 1.94. The van der Waals surface area contributed by atoms with Gasteiger partial charge in [-0.05, 0) is 0 Å². The molecule has 17 heavy (non-hydrogen) atoms. The maximum atomic E-state index is 13.7. The zero-order chi connectivity index (χ0) is 12.3. The van der Waals surface area contributed by atoms with Crippen molar-refractivity contribution in [3.05, 3.63) is 29.3 Å². The van der Waals surface area contributed by atoms with Crippen LogP contribution in [0.2, 0.25) is 0 Å². The molecule has 0 unspecified atom stereocenters. The number of piperazine rings is 1. The molecule has 0 aliphatic carbocycles. The van der Waals surface area contributed by atoms with Crippen LogP contribution >= 0.6 is 0 Å². The third-order valence-electron chi connectivity index (χ3n) is 2.94. The van der Waals surface area contributed by atoms with E-state index in [0.717, 1.165) is 26.2 Å². The summed E-state index contributed by atoms with van der Waals surface area (Å²) in [5.74, 6) is -0.871. The van der Waals surface area contributed by atoms with Crippen molar-refractivity contribution in [2.24, 2.45) is 0 Å². The molecule has 0 saturated carbocycles. The third-order valence-corrected chi connectivity index (χ3v) is 2.94. The van der Waals surface area contributed by atoms with E-state index in [2.05, 4.69) is 5.32 Å². The Morgan fingerprint density at radius 1 is 1.24 bits per heavy atom. The molecule has 1 aromatic rings. The molecule has 1 aliphatic rings. The van der Waals surface area contributed by atoms with E-state index in [1.807, 2.05) is 4.90 Å². The summed E-state index contributed by atoms with van der Waals surface area (Å²) in [7, 11) is 1.39. The minimum atomic E-state index is -0.541. The van der Waals surface area contributed by atoms with Crippen LogP contribution in [0, 0.1) is 11.6 Å². The molecule has 2 rings (SSSR count). The molecule has 1 heterocycles. The van der Waals surface area contributed by atoms with Crippen molar-refractivity contribution in [3.8, 4) is 5.75 Å². The quantitative estimate of drug-likeness (QED) is 0.866. The van der Waals surface area contributed by atoms with Gasteiger partial charge in [0.05, 0.1) is 7.11 Å². The second-order valence-electron chi connectivity index (χ2n) is 4.10. The monoisotopic (exact) mass is 242 g/mol. The fraction of sp³-hybridized carbons (Fsp3) is 0.500. The van der Waals surface area contributed by atoms with Gasteiger partial charge in [0, 0.05) is 50.4 Å². The first-order valence-electron chi connectivity index (χ1n) is 5.65. The first kappa shape index (κ1) is 12.3. The molecule has 5 heteroatoms. The molecule has 0 radical (unpaired) electrons. The van der Waals surface area contributed by atoms with Crippen molar-refractivity contribution in [3.63, 3.8) is 0 Å². The molecule has 0 aromatic heterocycles. The highest BCUT2D eigenvalue weighted by molar-refractivity contribution is 5.30. The van der Waals surface area contributed by atoms with Gasteiger partial charge in [-0.15, -0.1) is 0 Å². The zero-order valence-electron chi connectivity index (χ0n) is 9.80. The lowest BCUT2D eigenvalue weighted by Crippen LogP contribution is -2.43. The lowest BCUT2D eigenvalue weighted by molar-refractivity contribution is 0.227. The van der Waals surface area contributed by atoms with Crippen LogP contribution in [0.4, 0.5) is 8.78 Å². The van der Waals surface area contributed by atoms with Gasteiger partial charge in [0.15, 0.2) is 0 Å². The van der Waals surface area contributed by atoms with E-state index in [1.54, 1.807) is 0 Å². The molecule has 0 spiro atoms. The number of benzene rings is 1. The molecule has 1 saturated heterocycles. The molecular formula is C12H16F2N2O. The number of nitrogens with zero attached hydrogens (tertiary/aromatic N) is 1. The van der Waals surface area contributed by atoms with E-state index in [-0.39, 0.29) is 11.3 Å². The molecule has 1 N–H and O–H groups in total. The van der Waals surface area contributed by atoms with Crippen LogP contribution < -0.4 is 10.1 Å². The third kappa shape index (κ3) is 2.92. The van der Waals surface area contributed by atoms with Gasteiger partial charge in [-0.3, -0.25) is 4.90 Å². The predicted molar refractivity (Wildman–Crippen MR) is 61.1 cm³/mol. The van der Waals surface area contributed by atoms with Gasteiger partial charge in [-0.2, -0.15) is 0 Å². The minimum absolute atomic E-state index is 0.118. The van der Waals surface area contributed by atoms with Crippen molar-refractivity contribution in [1.82, 2.24) is 10.2 Å². The van der Waals surface area contributed by atoms with Gasteiger partial charge in [0.2, 0.25) is 0 Å². The molecule has 1 aromatic carbocycles. The van der Waals surface area contributed by atoms with Crippen molar-refractivity contribution in [2.45, 2.75) is 6.54 Å². The lowest BCUT2D eigenvalue weighted by atomic mass is 10.1. The standard InChI is InChI=1S/C12H16F2N2O/c1-17-9-6-11(13)10(12(14)7-9)8-16-4-2-15-3-5-16/h6-7,15H,2-5,8H2,1H3. The van der Waals surface area contributed by atoms with Crippen molar-refractivity contribution >= 4 is 0 Å². The predicted octanol–water partition coefficient (Wildman–Crippen LogP) is 1.38. The Hall–Kier alpha value is -1.20. The summed E-state index contributed by atoms with van der Waals surface area (Å²) in [5, 5.41) is 3.20. The van der Waals surface area contributed by atoms with E-state index in [1.165, 1.54) is 19.2 Å². The zero-order valence-corrected chi connectivity index (χ0v) is 9.80. The fourth-order valence-corrected chi connectivity index (χ4v) is 1.94. The second kappa shape index (κ2) is 5.42. The lowest BCUT2D eigenvalue weighted by Gasteiger charge is -2.27. The summed E-state index contributed by atoms with van der Waals surface area (Å²) >= 11 is 0. The SMILES string of the molecule is COc1cc(F)c(CN2CCNCC2)c(F)c1. The highest BCUT2D eigenvalue weighted by atomic mass is 19.1. The van der Waals surface area contributed by atoms with E-state index in [9.17, 15) is 8.78 Å². The largest absolute Gasteiger partial charge is 0.497 e. The second-order valence-corrected chi connectivity index (χ2v) is 4.10. The summed E-state index contributed by atoms with van der Waals surface area (Å²) in [6.07, 6.45) is 0. The van der Waals surface area contributed by atoms with E-state index < -0.39 is 11.6 Å². The molecule has 0 atom stereocenters. The Balaban J connectivity index is 2.14. The van der Waals surface area contributed by atoms with Gasteiger partial charge < -0.3 is 10.1 Å². The van der Waals surface area contributed by atoms with Crippen LogP contribution in [0.25, 0.3) is 0 Å². The van der Waals surface area contributed by atoms with E-state index in [4.69, 9.17) is 4.74 Å². The van der Waals surface area contributed by atoms with Crippen LogP contribution in [0.3, 0.4) is 0 Å². The van der Waals surface area contributed by atoms with Crippen molar-refractivity contribution in [2.75, 3.05) is 33.3 Å². The average molecular weight is 242 g/mol. The molecule has 0 amide bonds. The maximum Gasteiger partial charge on any atom is 0.134 e. The summed E-state index contributed by atoms with van der Waals surface area (Å²) in [4.78, 5) is 2.03. The number of hydrogen-bond acceptors (Lipinski definition) is 3. The number of hydrogen-bond donors (Lipinski definition) is 1. The van der Waals surface area contributed by atoms with Crippen molar-refractivity contribution < 1.29 is 13.5 Å². The minimum Gasteiger partial charge on any atom is -0.497 e. The van der Waals surface area contributed by atoms with Crippen LogP contribution in [0.1, 0.15) is 5.56 Å². The molecular weight excluding hydrogens is 226 g/mol. The Labute approximate surface area is 99.4 Å². The molecule has 1 fully saturated rings. The molecule has 94 valence electrons. The van der Waals surface area contributed by atoms with Crippen LogP contribution in [-0.4, -0.2) is 38.2 Å².